The lowest BCUT2D eigenvalue weighted by molar-refractivity contribution is -0.143. The minimum Gasteiger partial charge on any atom is -0.481 e. The Balaban J connectivity index is 1.81. The van der Waals surface area contributed by atoms with Crippen LogP contribution in [-0.4, -0.2) is 29.1 Å². The summed E-state index contributed by atoms with van der Waals surface area (Å²) in [6.45, 7) is 1.93. The average molecular weight is 352 g/mol. The van der Waals surface area contributed by atoms with E-state index < -0.39 is 17.7 Å². The van der Waals surface area contributed by atoms with Gasteiger partial charge in [-0.1, -0.05) is 18.2 Å². The molecule has 1 aliphatic heterocycles. The molecule has 0 bridgehead atoms. The predicted molar refractivity (Wildman–Crippen MR) is 89.0 cm³/mol. The third-order valence-electron chi connectivity index (χ3n) is 4.74. The van der Waals surface area contributed by atoms with Crippen molar-refractivity contribution in [2.45, 2.75) is 25.6 Å². The largest absolute Gasteiger partial charge is 0.481 e. The summed E-state index contributed by atoms with van der Waals surface area (Å²) in [6.07, 6.45) is -3.31. The number of fused-ring (bicyclic) bond motifs is 1. The first-order chi connectivity index (χ1) is 11.8. The molecule has 2 aromatic carbocycles. The quantitative estimate of drug-likeness (QED) is 0.826. The Morgan fingerprint density at radius 2 is 1.88 bits per heavy atom. The number of carboxylic acid groups (broad SMARTS) is 1. The monoisotopic (exact) mass is 352 g/mol. The summed E-state index contributed by atoms with van der Waals surface area (Å²) in [7, 11) is 0. The molecule has 4 nitrogen and oxygen atoms in total. The van der Waals surface area contributed by atoms with Crippen molar-refractivity contribution >= 4 is 22.4 Å². The van der Waals surface area contributed by atoms with Gasteiger partial charge in [0.25, 0.3) is 0 Å². The lowest BCUT2D eigenvalue weighted by Gasteiger charge is -2.30. The Morgan fingerprint density at radius 1 is 1.20 bits per heavy atom. The van der Waals surface area contributed by atoms with E-state index in [0.29, 0.717) is 37.9 Å². The number of anilines is 1. The van der Waals surface area contributed by atoms with Gasteiger partial charge in [0.1, 0.15) is 0 Å². The lowest BCUT2D eigenvalue weighted by atomic mass is 9.96. The predicted octanol–water partition coefficient (Wildman–Crippen LogP) is 3.74. The number of nitrogens with zero attached hydrogens (tertiary/aromatic N) is 1. The van der Waals surface area contributed by atoms with Crippen molar-refractivity contribution in [2.75, 3.05) is 18.8 Å². The normalized spacial score (nSPS) is 17.1. The van der Waals surface area contributed by atoms with Crippen molar-refractivity contribution < 1.29 is 23.1 Å². The Kier molecular flexibility index (Phi) is 4.60. The molecule has 0 amide bonds. The van der Waals surface area contributed by atoms with E-state index in [1.807, 2.05) is 0 Å². The Bertz CT molecular complexity index is 797. The highest BCUT2D eigenvalue weighted by atomic mass is 19.4. The first-order valence-electron chi connectivity index (χ1n) is 8.09. The van der Waals surface area contributed by atoms with Crippen LogP contribution < -0.4 is 5.73 Å². The van der Waals surface area contributed by atoms with E-state index in [0.717, 1.165) is 5.56 Å². The van der Waals surface area contributed by atoms with Gasteiger partial charge in [-0.25, -0.2) is 0 Å². The van der Waals surface area contributed by atoms with Gasteiger partial charge in [-0.2, -0.15) is 13.2 Å². The third kappa shape index (κ3) is 3.71. The van der Waals surface area contributed by atoms with Gasteiger partial charge >= 0.3 is 12.1 Å². The van der Waals surface area contributed by atoms with Crippen LogP contribution in [0.4, 0.5) is 18.9 Å². The fraction of sp³-hybridized carbons (Fsp3) is 0.389. The standard InChI is InChI=1S/C18H19F3N2O2/c19-18(20,21)16-14-3-1-11(9-13(14)2-4-15(16)22)10-23-7-5-12(6-8-23)17(24)25/h1-4,9,12H,5-8,10,22H2,(H,24,25). The van der Waals surface area contributed by atoms with Crippen LogP contribution in [0.1, 0.15) is 24.0 Å². The number of hydrogen-bond donors (Lipinski definition) is 2. The first kappa shape index (κ1) is 17.5. The molecule has 0 spiro atoms. The highest BCUT2D eigenvalue weighted by Gasteiger charge is 2.35. The molecule has 25 heavy (non-hydrogen) atoms. The van der Waals surface area contributed by atoms with Crippen LogP contribution in [0.15, 0.2) is 30.3 Å². The molecule has 0 saturated carbocycles. The van der Waals surface area contributed by atoms with Crippen LogP contribution in [0.25, 0.3) is 10.8 Å². The fourth-order valence-electron chi connectivity index (χ4n) is 3.41. The van der Waals surface area contributed by atoms with Crippen LogP contribution in [0, 0.1) is 5.92 Å². The van der Waals surface area contributed by atoms with E-state index in [1.54, 1.807) is 18.2 Å². The first-order valence-corrected chi connectivity index (χ1v) is 8.09. The molecule has 1 saturated heterocycles. The van der Waals surface area contributed by atoms with Crippen LogP contribution in [0.3, 0.4) is 0 Å². The third-order valence-corrected chi connectivity index (χ3v) is 4.74. The van der Waals surface area contributed by atoms with E-state index in [2.05, 4.69) is 4.90 Å². The van der Waals surface area contributed by atoms with Crippen molar-refractivity contribution in [1.82, 2.24) is 4.90 Å². The second-order valence-electron chi connectivity index (χ2n) is 6.47. The van der Waals surface area contributed by atoms with E-state index in [1.165, 1.54) is 12.1 Å². The molecule has 1 fully saturated rings. The highest BCUT2D eigenvalue weighted by molar-refractivity contribution is 5.90. The van der Waals surface area contributed by atoms with Gasteiger partial charge in [0, 0.05) is 12.2 Å². The summed E-state index contributed by atoms with van der Waals surface area (Å²) in [5.74, 6) is -1.06. The number of benzene rings is 2. The van der Waals surface area contributed by atoms with Gasteiger partial charge in [-0.05, 0) is 54.4 Å². The van der Waals surface area contributed by atoms with E-state index in [-0.39, 0.29) is 17.0 Å². The zero-order chi connectivity index (χ0) is 18.2. The van der Waals surface area contributed by atoms with Crippen molar-refractivity contribution in [3.8, 4) is 0 Å². The molecule has 0 unspecified atom stereocenters. The summed E-state index contributed by atoms with van der Waals surface area (Å²) in [4.78, 5) is 13.1. The van der Waals surface area contributed by atoms with E-state index in [9.17, 15) is 18.0 Å². The number of carboxylic acids is 1. The molecule has 1 heterocycles. The SMILES string of the molecule is Nc1ccc2cc(CN3CCC(C(=O)O)CC3)ccc2c1C(F)(F)F. The minimum absolute atomic E-state index is 0.0980. The number of likely N-dealkylation sites (tertiary alicyclic amines) is 1. The van der Waals surface area contributed by atoms with Crippen molar-refractivity contribution in [2.24, 2.45) is 5.92 Å². The summed E-state index contributed by atoms with van der Waals surface area (Å²) in [5.41, 5.74) is 5.36. The molecule has 3 N–H and O–H groups in total. The van der Waals surface area contributed by atoms with Crippen LogP contribution in [0.5, 0.6) is 0 Å². The van der Waals surface area contributed by atoms with Gasteiger partial charge < -0.3 is 10.8 Å². The number of halogens is 3. The van der Waals surface area contributed by atoms with Gasteiger partial charge in [0.2, 0.25) is 0 Å². The fourth-order valence-corrected chi connectivity index (χ4v) is 3.41. The van der Waals surface area contributed by atoms with Crippen molar-refractivity contribution in [3.63, 3.8) is 0 Å². The summed E-state index contributed by atoms with van der Waals surface area (Å²) < 4.78 is 39.7. The van der Waals surface area contributed by atoms with Crippen LogP contribution in [-0.2, 0) is 17.5 Å². The maximum Gasteiger partial charge on any atom is 0.418 e. The molecule has 0 radical (unpaired) electrons. The van der Waals surface area contributed by atoms with E-state index >= 15 is 0 Å². The molecule has 0 atom stereocenters. The molecule has 0 aromatic heterocycles. The second-order valence-corrected chi connectivity index (χ2v) is 6.47. The number of rotatable bonds is 3. The zero-order valence-electron chi connectivity index (χ0n) is 13.5. The number of carbonyl (C=O) groups is 1. The Labute approximate surface area is 143 Å². The van der Waals surface area contributed by atoms with Crippen molar-refractivity contribution in [3.05, 3.63) is 41.5 Å². The molecule has 2 aromatic rings. The second kappa shape index (κ2) is 6.55. The van der Waals surface area contributed by atoms with E-state index in [4.69, 9.17) is 10.8 Å². The number of hydrogen-bond acceptors (Lipinski definition) is 3. The van der Waals surface area contributed by atoms with Crippen molar-refractivity contribution in [1.29, 1.82) is 0 Å². The minimum atomic E-state index is -4.50. The molecule has 0 aliphatic carbocycles. The molecular weight excluding hydrogens is 333 g/mol. The van der Waals surface area contributed by atoms with Gasteiger partial charge in [-0.15, -0.1) is 0 Å². The molecular formula is C18H19F3N2O2. The Morgan fingerprint density at radius 3 is 2.48 bits per heavy atom. The number of aliphatic carboxylic acids is 1. The number of nitrogen functional groups attached to an aromatic ring is 1. The summed E-state index contributed by atoms with van der Waals surface area (Å²) in [6, 6.07) is 7.77. The van der Waals surface area contributed by atoms with Crippen LogP contribution in [0.2, 0.25) is 0 Å². The maximum absolute atomic E-state index is 13.2. The molecule has 7 heteroatoms. The van der Waals surface area contributed by atoms with Crippen LogP contribution >= 0.6 is 0 Å². The summed E-state index contributed by atoms with van der Waals surface area (Å²) >= 11 is 0. The van der Waals surface area contributed by atoms with Gasteiger partial charge in [0.15, 0.2) is 0 Å². The number of piperidine rings is 1. The van der Waals surface area contributed by atoms with Gasteiger partial charge in [0.05, 0.1) is 11.5 Å². The number of alkyl halides is 3. The molecule has 1 aliphatic rings. The topological polar surface area (TPSA) is 66.6 Å². The Hall–Kier alpha value is -2.28. The maximum atomic E-state index is 13.2. The molecule has 134 valence electrons. The average Bonchev–Trinajstić information content (AvgIpc) is 2.54. The summed E-state index contributed by atoms with van der Waals surface area (Å²) in [5, 5.41) is 9.62. The smallest absolute Gasteiger partial charge is 0.418 e. The molecule has 3 rings (SSSR count). The highest BCUT2D eigenvalue weighted by Crippen LogP contribution is 2.39. The zero-order valence-corrected chi connectivity index (χ0v) is 13.5. The van der Waals surface area contributed by atoms with Gasteiger partial charge in [-0.3, -0.25) is 9.69 Å². The lowest BCUT2D eigenvalue weighted by Crippen LogP contribution is -2.35. The number of nitrogens with two attached hydrogens (primary N) is 1.